The summed E-state index contributed by atoms with van der Waals surface area (Å²) in [7, 11) is 0. The lowest BCUT2D eigenvalue weighted by atomic mass is 10.7. The van der Waals surface area contributed by atoms with Gasteiger partial charge >= 0.3 is 0 Å². The molecule has 0 amide bonds. The first-order valence-electron chi connectivity index (χ1n) is 1.60. The van der Waals surface area contributed by atoms with Crippen LogP contribution in [0.2, 0.25) is 0 Å². The van der Waals surface area contributed by atoms with Crippen molar-refractivity contribution in [1.82, 2.24) is 0 Å². The minimum absolute atomic E-state index is 1.25. The van der Waals surface area contributed by atoms with E-state index in [1.165, 1.54) is 5.34 Å². The van der Waals surface area contributed by atoms with Crippen LogP contribution in [-0.4, -0.2) is 5.21 Å². The predicted octanol–water partition coefficient (Wildman–Crippen LogP) is 1.49. The second kappa shape index (κ2) is 20.5. The van der Waals surface area contributed by atoms with Crippen molar-refractivity contribution in [2.45, 2.75) is 6.92 Å². The quantitative estimate of drug-likeness (QED) is 0.285. The number of hydrogen-bond donors (Lipinski definition) is 1. The fourth-order valence-corrected chi connectivity index (χ4v) is 0. The van der Waals surface area contributed by atoms with Crippen molar-refractivity contribution in [3.8, 4) is 0 Å². The smallest absolute Gasteiger partial charge is 0.152 e. The molecule has 0 fully saturated rings. The Kier molecular flexibility index (Phi) is 27.3. The third-order valence-corrected chi connectivity index (χ3v) is 0.204. The van der Waals surface area contributed by atoms with Crippen molar-refractivity contribution in [2.24, 2.45) is 5.34 Å². The van der Waals surface area contributed by atoms with Gasteiger partial charge in [-0.3, -0.25) is 0 Å². The molecule has 0 aromatic heterocycles. The van der Waals surface area contributed by atoms with Gasteiger partial charge in [0.15, 0.2) is 5.34 Å². The molecule has 3 nitrogen and oxygen atoms in total. The van der Waals surface area contributed by atoms with Crippen LogP contribution in [0.4, 0.5) is 0 Å². The summed E-state index contributed by atoms with van der Waals surface area (Å²) in [5.41, 5.74) is 2.56. The lowest BCUT2D eigenvalue weighted by Gasteiger charge is -1.37. The summed E-state index contributed by atoms with van der Waals surface area (Å²) in [6, 6.07) is 0. The SMILES string of the molecule is C=C=CC.O=NO. The number of hydrogen-bond acceptors (Lipinski definition) is 2. The van der Waals surface area contributed by atoms with E-state index in [0.29, 0.717) is 0 Å². The highest BCUT2D eigenvalue weighted by Gasteiger charge is 1.24. The largest absolute Gasteiger partial charge is 0.379 e. The molecule has 0 aromatic carbocycles. The van der Waals surface area contributed by atoms with E-state index in [2.05, 4.69) is 12.3 Å². The van der Waals surface area contributed by atoms with Crippen LogP contribution in [-0.2, 0) is 0 Å². The van der Waals surface area contributed by atoms with Gasteiger partial charge in [-0.25, -0.2) is 0 Å². The number of rotatable bonds is 0. The Hall–Kier alpha value is -1.08. The molecular formula is C4H7NO2. The van der Waals surface area contributed by atoms with Gasteiger partial charge in [0.25, 0.3) is 0 Å². The molecular weight excluding hydrogens is 94.0 g/mol. The van der Waals surface area contributed by atoms with E-state index in [0.717, 1.165) is 0 Å². The van der Waals surface area contributed by atoms with Crippen LogP contribution in [0, 0.1) is 4.91 Å². The van der Waals surface area contributed by atoms with E-state index in [1.807, 2.05) is 6.92 Å². The van der Waals surface area contributed by atoms with Crippen molar-refractivity contribution < 1.29 is 5.21 Å². The average Bonchev–Trinajstić information content (AvgIpc) is 1.69. The van der Waals surface area contributed by atoms with Gasteiger partial charge in [0.05, 0.1) is 0 Å². The summed E-state index contributed by atoms with van der Waals surface area (Å²) in [6.45, 7) is 5.18. The van der Waals surface area contributed by atoms with Gasteiger partial charge in [-0.15, -0.1) is 10.6 Å². The molecule has 0 aliphatic rings. The van der Waals surface area contributed by atoms with E-state index in [-0.39, 0.29) is 0 Å². The van der Waals surface area contributed by atoms with Gasteiger partial charge in [-0.1, -0.05) is 6.58 Å². The second-order valence-electron chi connectivity index (χ2n) is 0.574. The Morgan fingerprint density at radius 2 is 2.14 bits per heavy atom. The van der Waals surface area contributed by atoms with Crippen molar-refractivity contribution in [1.29, 1.82) is 0 Å². The van der Waals surface area contributed by atoms with Crippen molar-refractivity contribution in [3.63, 3.8) is 0 Å². The van der Waals surface area contributed by atoms with Crippen LogP contribution in [0.1, 0.15) is 6.92 Å². The van der Waals surface area contributed by atoms with Gasteiger partial charge in [0.1, 0.15) is 0 Å². The minimum atomic E-state index is 1.25. The molecule has 0 unspecified atom stereocenters. The fourth-order valence-electron chi connectivity index (χ4n) is 0. The van der Waals surface area contributed by atoms with Gasteiger partial charge in [0, 0.05) is 0 Å². The summed E-state index contributed by atoms with van der Waals surface area (Å²) in [5.74, 6) is 0. The Morgan fingerprint density at radius 1 is 2.00 bits per heavy atom. The maximum atomic E-state index is 8.11. The summed E-state index contributed by atoms with van der Waals surface area (Å²) in [5, 5.41) is 7.89. The summed E-state index contributed by atoms with van der Waals surface area (Å²) >= 11 is 0. The molecule has 3 heteroatoms. The zero-order valence-electron chi connectivity index (χ0n) is 4.09. The van der Waals surface area contributed by atoms with Gasteiger partial charge in [0.2, 0.25) is 0 Å². The maximum absolute atomic E-state index is 8.11. The predicted molar refractivity (Wildman–Crippen MR) is 27.0 cm³/mol. The third kappa shape index (κ3) is 6550. The van der Waals surface area contributed by atoms with Crippen LogP contribution >= 0.6 is 0 Å². The monoisotopic (exact) mass is 101 g/mol. The number of allylic oxidation sites excluding steroid dienone is 1. The van der Waals surface area contributed by atoms with Crippen LogP contribution in [0.3, 0.4) is 0 Å². The molecule has 40 valence electrons. The van der Waals surface area contributed by atoms with Gasteiger partial charge in [-0.05, 0) is 13.0 Å². The molecule has 1 N–H and O–H groups in total. The topological polar surface area (TPSA) is 49.7 Å². The van der Waals surface area contributed by atoms with Crippen molar-refractivity contribution in [3.05, 3.63) is 23.3 Å². The normalized spacial score (nSPS) is 4.14. The van der Waals surface area contributed by atoms with Gasteiger partial charge in [-0.2, -0.15) is 0 Å². The molecule has 0 saturated heterocycles. The highest BCUT2D eigenvalue weighted by molar-refractivity contribution is 4.67. The zero-order chi connectivity index (χ0) is 6.12. The van der Waals surface area contributed by atoms with E-state index in [9.17, 15) is 0 Å². The Bertz CT molecular complexity index is 73.8. The summed E-state index contributed by atoms with van der Waals surface area (Å²) < 4.78 is 0. The summed E-state index contributed by atoms with van der Waals surface area (Å²) in [6.07, 6.45) is 1.76. The van der Waals surface area contributed by atoms with E-state index in [1.54, 1.807) is 6.08 Å². The molecule has 0 bridgehead atoms. The molecule has 0 aliphatic carbocycles. The molecule has 0 aromatic rings. The Labute approximate surface area is 41.9 Å². The standard InChI is InChI=1S/C4H6.HNO2/c1-3-4-2;2-1-3/h4H,1H2,2H3;(H,2,3). The minimum Gasteiger partial charge on any atom is -0.379 e. The highest BCUT2D eigenvalue weighted by atomic mass is 16.6. The molecule has 0 heterocycles. The van der Waals surface area contributed by atoms with E-state index in [4.69, 9.17) is 10.1 Å². The molecule has 0 atom stereocenters. The van der Waals surface area contributed by atoms with Crippen molar-refractivity contribution in [2.75, 3.05) is 0 Å². The molecule has 0 aliphatic heterocycles. The van der Waals surface area contributed by atoms with Gasteiger partial charge < -0.3 is 5.21 Å². The Balaban J connectivity index is 0. The van der Waals surface area contributed by atoms with Crippen LogP contribution in [0.5, 0.6) is 0 Å². The van der Waals surface area contributed by atoms with Crippen LogP contribution in [0.15, 0.2) is 23.7 Å². The van der Waals surface area contributed by atoms with Crippen molar-refractivity contribution >= 4 is 0 Å². The molecule has 7 heavy (non-hydrogen) atoms. The van der Waals surface area contributed by atoms with E-state index < -0.39 is 0 Å². The van der Waals surface area contributed by atoms with E-state index >= 15 is 0 Å². The third-order valence-electron chi connectivity index (χ3n) is 0.204. The average molecular weight is 101 g/mol. The molecule has 0 rings (SSSR count). The first-order chi connectivity index (χ1) is 3.33. The lowest BCUT2D eigenvalue weighted by molar-refractivity contribution is 0.312. The first-order valence-corrected chi connectivity index (χ1v) is 1.60. The molecule has 0 saturated carbocycles. The Morgan fingerprint density at radius 3 is 2.14 bits per heavy atom. The maximum Gasteiger partial charge on any atom is 0.152 e. The highest BCUT2D eigenvalue weighted by Crippen LogP contribution is 1.46. The first kappa shape index (κ1) is 9.33. The lowest BCUT2D eigenvalue weighted by Crippen LogP contribution is -1.25. The molecule has 0 radical (unpaired) electrons. The fraction of sp³-hybridized carbons (Fsp3) is 0.250. The van der Waals surface area contributed by atoms with Crippen LogP contribution in [0.25, 0.3) is 0 Å². The zero-order valence-corrected chi connectivity index (χ0v) is 4.09. The summed E-state index contributed by atoms with van der Waals surface area (Å²) in [4.78, 5) is 8.11. The number of nitrogens with zero attached hydrogens (tertiary/aromatic N) is 1. The van der Waals surface area contributed by atoms with Crippen LogP contribution < -0.4 is 0 Å². The second-order valence-corrected chi connectivity index (χ2v) is 0.574. The molecule has 0 spiro atoms.